The van der Waals surface area contributed by atoms with E-state index in [1.165, 1.54) is 7.11 Å². The van der Waals surface area contributed by atoms with Gasteiger partial charge in [-0.1, -0.05) is 20.8 Å². The molecule has 0 aliphatic carbocycles. The lowest BCUT2D eigenvalue weighted by atomic mass is 9.87. The Balaban J connectivity index is 4.45. The number of hydrogen-bond donors (Lipinski definition) is 3. The van der Waals surface area contributed by atoms with Crippen molar-refractivity contribution in [2.75, 3.05) is 13.7 Å². The second-order valence-electron chi connectivity index (χ2n) is 5.02. The molecule has 17 heavy (non-hydrogen) atoms. The Morgan fingerprint density at radius 1 is 1.41 bits per heavy atom. The fourth-order valence-corrected chi connectivity index (χ4v) is 1.15. The van der Waals surface area contributed by atoms with Crippen LogP contribution in [0.2, 0.25) is 0 Å². The SMILES string of the molecule is COCCC(NC(=O)[C@@H](N)C(C)(C)C)C(=O)O. The van der Waals surface area contributed by atoms with Gasteiger partial charge in [0.15, 0.2) is 0 Å². The van der Waals surface area contributed by atoms with Gasteiger partial charge in [0, 0.05) is 20.1 Å². The third-order valence-electron chi connectivity index (χ3n) is 2.44. The highest BCUT2D eigenvalue weighted by molar-refractivity contribution is 5.87. The average molecular weight is 246 g/mol. The van der Waals surface area contributed by atoms with Crippen molar-refractivity contribution < 1.29 is 19.4 Å². The highest BCUT2D eigenvalue weighted by Crippen LogP contribution is 2.17. The summed E-state index contributed by atoms with van der Waals surface area (Å²) in [6.07, 6.45) is 0.217. The molecule has 0 saturated heterocycles. The van der Waals surface area contributed by atoms with Crippen molar-refractivity contribution in [1.29, 1.82) is 0 Å². The standard InChI is InChI=1S/C11H22N2O4/c1-11(2,3)8(12)9(14)13-7(10(15)16)5-6-17-4/h7-8H,5-6,12H2,1-4H3,(H,13,14)(H,15,16)/t7?,8-/m1/s1. The van der Waals surface area contributed by atoms with Gasteiger partial charge in [-0.15, -0.1) is 0 Å². The molecule has 0 heterocycles. The van der Waals surface area contributed by atoms with E-state index < -0.39 is 29.4 Å². The summed E-state index contributed by atoms with van der Waals surface area (Å²) >= 11 is 0. The number of hydrogen-bond acceptors (Lipinski definition) is 4. The number of carbonyl (C=O) groups is 2. The lowest BCUT2D eigenvalue weighted by Crippen LogP contribution is -2.53. The zero-order valence-electron chi connectivity index (χ0n) is 10.8. The molecule has 6 nitrogen and oxygen atoms in total. The van der Waals surface area contributed by atoms with Crippen LogP contribution in [0.5, 0.6) is 0 Å². The Kier molecular flexibility index (Phi) is 6.12. The monoisotopic (exact) mass is 246 g/mol. The fraction of sp³-hybridized carbons (Fsp3) is 0.818. The van der Waals surface area contributed by atoms with Gasteiger partial charge in [-0.2, -0.15) is 0 Å². The van der Waals surface area contributed by atoms with Crippen LogP contribution in [0.25, 0.3) is 0 Å². The minimum Gasteiger partial charge on any atom is -0.480 e. The summed E-state index contributed by atoms with van der Waals surface area (Å²) < 4.78 is 4.79. The van der Waals surface area contributed by atoms with Crippen molar-refractivity contribution in [2.24, 2.45) is 11.1 Å². The molecular formula is C11H22N2O4. The molecule has 0 aliphatic heterocycles. The third-order valence-corrected chi connectivity index (χ3v) is 2.44. The van der Waals surface area contributed by atoms with Crippen LogP contribution in [0, 0.1) is 5.41 Å². The summed E-state index contributed by atoms with van der Waals surface area (Å²) in [4.78, 5) is 22.6. The Bertz CT molecular complexity index is 273. The van der Waals surface area contributed by atoms with Gasteiger partial charge in [0.1, 0.15) is 6.04 Å². The number of methoxy groups -OCH3 is 1. The molecule has 0 aromatic carbocycles. The first-order valence-corrected chi connectivity index (χ1v) is 5.48. The van der Waals surface area contributed by atoms with E-state index in [1.807, 2.05) is 20.8 Å². The third kappa shape index (κ3) is 5.65. The van der Waals surface area contributed by atoms with Crippen molar-refractivity contribution >= 4 is 11.9 Å². The first-order valence-electron chi connectivity index (χ1n) is 5.48. The zero-order valence-corrected chi connectivity index (χ0v) is 10.8. The van der Waals surface area contributed by atoms with Crippen molar-refractivity contribution in [3.63, 3.8) is 0 Å². The smallest absolute Gasteiger partial charge is 0.326 e. The second-order valence-corrected chi connectivity index (χ2v) is 5.02. The first-order chi connectivity index (χ1) is 7.70. The maximum Gasteiger partial charge on any atom is 0.326 e. The molecule has 0 saturated carbocycles. The number of carboxylic acid groups (broad SMARTS) is 1. The van der Waals surface area contributed by atoms with E-state index in [9.17, 15) is 9.59 Å². The Morgan fingerprint density at radius 3 is 2.29 bits per heavy atom. The first kappa shape index (κ1) is 15.9. The molecular weight excluding hydrogens is 224 g/mol. The van der Waals surface area contributed by atoms with Crippen LogP contribution in [0.15, 0.2) is 0 Å². The Hall–Kier alpha value is -1.14. The lowest BCUT2D eigenvalue weighted by molar-refractivity contribution is -0.142. The van der Waals surface area contributed by atoms with Gasteiger partial charge < -0.3 is 20.9 Å². The molecule has 1 unspecified atom stereocenters. The second kappa shape index (κ2) is 6.56. The summed E-state index contributed by atoms with van der Waals surface area (Å²) in [6, 6.07) is -1.71. The molecule has 1 amide bonds. The molecule has 0 rings (SSSR count). The molecule has 0 bridgehead atoms. The van der Waals surface area contributed by atoms with E-state index in [2.05, 4.69) is 5.32 Å². The van der Waals surface area contributed by atoms with Crippen LogP contribution in [0.1, 0.15) is 27.2 Å². The molecule has 100 valence electrons. The summed E-state index contributed by atoms with van der Waals surface area (Å²) in [6.45, 7) is 5.73. The van der Waals surface area contributed by atoms with Crippen LogP contribution in [0.4, 0.5) is 0 Å². The van der Waals surface area contributed by atoms with Crippen LogP contribution in [-0.2, 0) is 14.3 Å². The maximum absolute atomic E-state index is 11.7. The largest absolute Gasteiger partial charge is 0.480 e. The van der Waals surface area contributed by atoms with Crippen molar-refractivity contribution in [1.82, 2.24) is 5.32 Å². The van der Waals surface area contributed by atoms with E-state index in [0.29, 0.717) is 0 Å². The van der Waals surface area contributed by atoms with Crippen LogP contribution >= 0.6 is 0 Å². The van der Waals surface area contributed by atoms with E-state index in [0.717, 1.165) is 0 Å². The van der Waals surface area contributed by atoms with Crippen molar-refractivity contribution in [3.05, 3.63) is 0 Å². The molecule has 0 aliphatic rings. The van der Waals surface area contributed by atoms with E-state index in [1.54, 1.807) is 0 Å². The van der Waals surface area contributed by atoms with E-state index in [4.69, 9.17) is 15.6 Å². The van der Waals surface area contributed by atoms with Gasteiger partial charge in [0.2, 0.25) is 5.91 Å². The molecule has 6 heteroatoms. The number of rotatable bonds is 6. The van der Waals surface area contributed by atoms with Crippen LogP contribution < -0.4 is 11.1 Å². The predicted octanol–water partition coefficient (Wildman–Crippen LogP) is -0.0343. The lowest BCUT2D eigenvalue weighted by Gasteiger charge is -2.27. The molecule has 0 aromatic heterocycles. The van der Waals surface area contributed by atoms with Gasteiger partial charge in [0.25, 0.3) is 0 Å². The Morgan fingerprint density at radius 2 is 1.94 bits per heavy atom. The minimum atomic E-state index is -1.09. The molecule has 4 N–H and O–H groups in total. The molecule has 0 aromatic rings. The van der Waals surface area contributed by atoms with Crippen molar-refractivity contribution in [3.8, 4) is 0 Å². The number of aliphatic carboxylic acids is 1. The number of carboxylic acids is 1. The van der Waals surface area contributed by atoms with Gasteiger partial charge in [-0.05, 0) is 5.41 Å². The maximum atomic E-state index is 11.7. The number of ether oxygens (including phenoxy) is 1. The van der Waals surface area contributed by atoms with Gasteiger partial charge >= 0.3 is 5.97 Å². The number of nitrogens with two attached hydrogens (primary N) is 1. The predicted molar refractivity (Wildman–Crippen MR) is 63.5 cm³/mol. The average Bonchev–Trinajstić information content (AvgIpc) is 2.20. The normalized spacial score (nSPS) is 15.1. The van der Waals surface area contributed by atoms with Crippen LogP contribution in [0.3, 0.4) is 0 Å². The quantitative estimate of drug-likeness (QED) is 0.610. The number of carbonyl (C=O) groups excluding carboxylic acids is 1. The number of amides is 1. The topological polar surface area (TPSA) is 102 Å². The summed E-state index contributed by atoms with van der Waals surface area (Å²) in [5, 5.41) is 11.3. The van der Waals surface area contributed by atoms with Crippen LogP contribution in [-0.4, -0.2) is 42.8 Å². The van der Waals surface area contributed by atoms with E-state index >= 15 is 0 Å². The highest BCUT2D eigenvalue weighted by atomic mass is 16.5. The van der Waals surface area contributed by atoms with Crippen molar-refractivity contribution in [2.45, 2.75) is 39.3 Å². The molecule has 0 spiro atoms. The molecule has 0 radical (unpaired) electrons. The molecule has 0 fully saturated rings. The highest BCUT2D eigenvalue weighted by Gasteiger charge is 2.30. The van der Waals surface area contributed by atoms with Gasteiger partial charge in [-0.3, -0.25) is 4.79 Å². The Labute approximate surface area is 102 Å². The minimum absolute atomic E-state index is 0.217. The zero-order chi connectivity index (χ0) is 13.6. The summed E-state index contributed by atoms with van der Waals surface area (Å²) in [7, 11) is 1.47. The number of nitrogens with one attached hydrogen (secondary N) is 1. The summed E-state index contributed by atoms with van der Waals surface area (Å²) in [5.74, 6) is -1.54. The molecule has 2 atom stereocenters. The summed E-state index contributed by atoms with van der Waals surface area (Å²) in [5.41, 5.74) is 5.33. The fourth-order valence-electron chi connectivity index (χ4n) is 1.15. The van der Waals surface area contributed by atoms with Gasteiger partial charge in [-0.25, -0.2) is 4.79 Å². The van der Waals surface area contributed by atoms with E-state index in [-0.39, 0.29) is 13.0 Å². The van der Waals surface area contributed by atoms with Gasteiger partial charge in [0.05, 0.1) is 6.04 Å².